The highest BCUT2D eigenvalue weighted by Gasteiger charge is 2.46. The Morgan fingerprint density at radius 2 is 1.93 bits per heavy atom. The molecule has 0 bridgehead atoms. The van der Waals surface area contributed by atoms with Gasteiger partial charge in [0.05, 0.1) is 16.1 Å². The summed E-state index contributed by atoms with van der Waals surface area (Å²) in [6.07, 6.45) is 0.772. The fraction of sp³-hybridized carbons (Fsp3) is 0.500. The fourth-order valence-electron chi connectivity index (χ4n) is 3.93. The van der Waals surface area contributed by atoms with Gasteiger partial charge in [0.2, 0.25) is 5.91 Å². The van der Waals surface area contributed by atoms with Crippen LogP contribution in [0, 0.1) is 12.3 Å². The molecule has 2 aromatic rings. The van der Waals surface area contributed by atoms with Crippen molar-refractivity contribution in [2.75, 3.05) is 39.3 Å². The van der Waals surface area contributed by atoms with Gasteiger partial charge in [0.25, 0.3) is 0 Å². The average molecular weight is 405 g/mol. The highest BCUT2D eigenvalue weighted by molar-refractivity contribution is 7.09. The van der Waals surface area contributed by atoms with E-state index in [1.54, 1.807) is 11.3 Å². The SMILES string of the molecule is Cc1nc(CN2CCN(C(=O)C3(Cc4ccc(Cl)cc4)CNC3)CC2)cs1. The van der Waals surface area contributed by atoms with Crippen LogP contribution >= 0.6 is 22.9 Å². The summed E-state index contributed by atoms with van der Waals surface area (Å²) >= 11 is 7.69. The number of piperazine rings is 1. The van der Waals surface area contributed by atoms with Gasteiger partial charge in [0.1, 0.15) is 0 Å². The molecule has 4 rings (SSSR count). The molecule has 2 saturated heterocycles. The molecule has 2 fully saturated rings. The van der Waals surface area contributed by atoms with Crippen LogP contribution in [0.3, 0.4) is 0 Å². The van der Waals surface area contributed by atoms with Gasteiger partial charge in [0.15, 0.2) is 0 Å². The summed E-state index contributed by atoms with van der Waals surface area (Å²) < 4.78 is 0. The molecule has 3 heterocycles. The van der Waals surface area contributed by atoms with Gasteiger partial charge in [-0.3, -0.25) is 9.69 Å². The van der Waals surface area contributed by atoms with Crippen LogP contribution in [0.4, 0.5) is 0 Å². The summed E-state index contributed by atoms with van der Waals surface area (Å²) in [4.78, 5) is 22.3. The third-order valence-corrected chi connectivity index (χ3v) is 6.62. The Morgan fingerprint density at radius 1 is 1.22 bits per heavy atom. The molecule has 2 aliphatic rings. The van der Waals surface area contributed by atoms with Gasteiger partial charge < -0.3 is 10.2 Å². The van der Waals surface area contributed by atoms with E-state index < -0.39 is 0 Å². The number of carbonyl (C=O) groups is 1. The average Bonchev–Trinajstić information content (AvgIpc) is 3.05. The predicted molar refractivity (Wildman–Crippen MR) is 109 cm³/mol. The van der Waals surface area contributed by atoms with E-state index in [1.165, 1.54) is 5.56 Å². The van der Waals surface area contributed by atoms with Crippen LogP contribution < -0.4 is 5.32 Å². The normalized spacial score (nSPS) is 19.7. The second-order valence-corrected chi connectivity index (χ2v) is 9.11. The first-order chi connectivity index (χ1) is 13.0. The third-order valence-electron chi connectivity index (χ3n) is 5.55. The monoisotopic (exact) mass is 404 g/mol. The number of rotatable bonds is 5. The van der Waals surface area contributed by atoms with Gasteiger partial charge in [-0.15, -0.1) is 11.3 Å². The number of thiazole rings is 1. The Balaban J connectivity index is 1.35. The maximum Gasteiger partial charge on any atom is 0.231 e. The van der Waals surface area contributed by atoms with E-state index in [0.29, 0.717) is 5.91 Å². The molecule has 0 saturated carbocycles. The first-order valence-electron chi connectivity index (χ1n) is 9.42. The van der Waals surface area contributed by atoms with E-state index in [2.05, 4.69) is 25.5 Å². The molecule has 0 spiro atoms. The molecule has 1 N–H and O–H groups in total. The quantitative estimate of drug-likeness (QED) is 0.832. The topological polar surface area (TPSA) is 48.5 Å². The van der Waals surface area contributed by atoms with E-state index in [-0.39, 0.29) is 5.41 Å². The van der Waals surface area contributed by atoms with Gasteiger partial charge in [-0.1, -0.05) is 23.7 Å². The molecular formula is C20H25ClN4OS. The van der Waals surface area contributed by atoms with Crippen molar-refractivity contribution in [2.45, 2.75) is 19.9 Å². The molecule has 0 atom stereocenters. The Kier molecular flexibility index (Phi) is 5.50. The Morgan fingerprint density at radius 3 is 2.48 bits per heavy atom. The lowest BCUT2D eigenvalue weighted by atomic mass is 9.75. The summed E-state index contributed by atoms with van der Waals surface area (Å²) in [5.41, 5.74) is 2.01. The smallest absolute Gasteiger partial charge is 0.231 e. The van der Waals surface area contributed by atoms with Crippen molar-refractivity contribution in [3.05, 3.63) is 50.9 Å². The van der Waals surface area contributed by atoms with Crippen LogP contribution in [0.25, 0.3) is 0 Å². The molecule has 1 aromatic carbocycles. The molecule has 2 aliphatic heterocycles. The lowest BCUT2D eigenvalue weighted by molar-refractivity contribution is -0.147. The molecule has 0 unspecified atom stereocenters. The highest BCUT2D eigenvalue weighted by atomic mass is 35.5. The number of aromatic nitrogens is 1. The van der Waals surface area contributed by atoms with Crippen molar-refractivity contribution >= 4 is 28.8 Å². The largest absolute Gasteiger partial charge is 0.340 e. The molecule has 1 aromatic heterocycles. The number of nitrogens with zero attached hydrogens (tertiary/aromatic N) is 3. The Labute approximate surface area is 169 Å². The van der Waals surface area contributed by atoms with Gasteiger partial charge >= 0.3 is 0 Å². The zero-order valence-corrected chi connectivity index (χ0v) is 17.2. The number of hydrogen-bond donors (Lipinski definition) is 1. The lowest BCUT2D eigenvalue weighted by Gasteiger charge is -2.46. The van der Waals surface area contributed by atoms with Gasteiger partial charge in [-0.05, 0) is 31.0 Å². The summed E-state index contributed by atoms with van der Waals surface area (Å²) in [5.74, 6) is 0.292. The zero-order valence-electron chi connectivity index (χ0n) is 15.6. The minimum Gasteiger partial charge on any atom is -0.340 e. The molecule has 1 amide bonds. The van der Waals surface area contributed by atoms with Crippen molar-refractivity contribution in [1.29, 1.82) is 0 Å². The number of nitrogens with one attached hydrogen (secondary N) is 1. The first kappa shape index (κ1) is 18.9. The van der Waals surface area contributed by atoms with E-state index in [4.69, 9.17) is 11.6 Å². The van der Waals surface area contributed by atoms with Gasteiger partial charge in [0, 0.05) is 56.2 Å². The summed E-state index contributed by atoms with van der Waals surface area (Å²) in [5, 5.41) is 7.28. The third kappa shape index (κ3) is 4.19. The van der Waals surface area contributed by atoms with E-state index >= 15 is 0 Å². The van der Waals surface area contributed by atoms with Gasteiger partial charge in [-0.2, -0.15) is 0 Å². The Bertz CT molecular complexity index is 795. The van der Waals surface area contributed by atoms with Crippen molar-refractivity contribution in [1.82, 2.24) is 20.1 Å². The minimum absolute atomic E-state index is 0.292. The number of aryl methyl sites for hydroxylation is 1. The zero-order chi connectivity index (χ0) is 18.9. The van der Waals surface area contributed by atoms with Crippen molar-refractivity contribution in [2.24, 2.45) is 5.41 Å². The second kappa shape index (κ2) is 7.87. The maximum absolute atomic E-state index is 13.3. The molecule has 144 valence electrons. The van der Waals surface area contributed by atoms with E-state index in [0.717, 1.165) is 68.0 Å². The van der Waals surface area contributed by atoms with Crippen molar-refractivity contribution in [3.63, 3.8) is 0 Å². The molecule has 0 aliphatic carbocycles. The van der Waals surface area contributed by atoms with Crippen molar-refractivity contribution in [3.8, 4) is 0 Å². The minimum atomic E-state index is -0.304. The number of hydrogen-bond acceptors (Lipinski definition) is 5. The standard InChI is InChI=1S/C20H25ClN4OS/c1-15-23-18(12-27-15)11-24-6-8-25(9-7-24)19(26)20(13-22-14-20)10-16-2-4-17(21)5-3-16/h2-5,12,22H,6-11,13-14H2,1H3. The van der Waals surface area contributed by atoms with Crippen LogP contribution in [0.1, 0.15) is 16.3 Å². The van der Waals surface area contributed by atoms with Crippen LogP contribution in [-0.4, -0.2) is 60.0 Å². The second-order valence-electron chi connectivity index (χ2n) is 7.61. The lowest BCUT2D eigenvalue weighted by Crippen LogP contribution is -2.65. The summed E-state index contributed by atoms with van der Waals surface area (Å²) in [7, 11) is 0. The molecular weight excluding hydrogens is 380 g/mol. The fourth-order valence-corrected chi connectivity index (χ4v) is 4.66. The maximum atomic E-state index is 13.3. The van der Waals surface area contributed by atoms with Crippen LogP contribution in [0.2, 0.25) is 5.02 Å². The summed E-state index contributed by atoms with van der Waals surface area (Å²) in [6.45, 7) is 7.84. The van der Waals surface area contributed by atoms with Gasteiger partial charge in [-0.25, -0.2) is 4.98 Å². The number of benzene rings is 1. The first-order valence-corrected chi connectivity index (χ1v) is 10.7. The van der Waals surface area contributed by atoms with Crippen LogP contribution in [0.15, 0.2) is 29.6 Å². The molecule has 7 heteroatoms. The molecule has 27 heavy (non-hydrogen) atoms. The predicted octanol–water partition coefficient (Wildman–Crippen LogP) is 2.58. The van der Waals surface area contributed by atoms with Crippen molar-refractivity contribution < 1.29 is 4.79 Å². The summed E-state index contributed by atoms with van der Waals surface area (Å²) in [6, 6.07) is 7.87. The number of amides is 1. The Hall–Kier alpha value is -1.47. The van der Waals surface area contributed by atoms with E-state index in [1.807, 2.05) is 31.2 Å². The molecule has 5 nitrogen and oxygen atoms in total. The van der Waals surface area contributed by atoms with Crippen LogP contribution in [-0.2, 0) is 17.8 Å². The van der Waals surface area contributed by atoms with Crippen LogP contribution in [0.5, 0.6) is 0 Å². The highest BCUT2D eigenvalue weighted by Crippen LogP contribution is 2.31. The van der Waals surface area contributed by atoms with E-state index in [9.17, 15) is 4.79 Å². The number of halogens is 1. The molecule has 0 radical (unpaired) electrons. The number of carbonyl (C=O) groups excluding carboxylic acids is 1.